The zero-order valence-corrected chi connectivity index (χ0v) is 16.8. The summed E-state index contributed by atoms with van der Waals surface area (Å²) in [5.41, 5.74) is 3.71. The second-order valence-electron chi connectivity index (χ2n) is 6.86. The fourth-order valence-corrected chi connectivity index (χ4v) is 3.87. The normalized spacial score (nSPS) is 10.9. The van der Waals surface area contributed by atoms with E-state index in [2.05, 4.69) is 72.7 Å². The molecule has 1 aromatic heterocycles. The summed E-state index contributed by atoms with van der Waals surface area (Å²) in [4.78, 5) is 16.5. The zero-order chi connectivity index (χ0) is 19.1. The number of aryl methyl sites for hydroxylation is 1. The quantitative estimate of drug-likeness (QED) is 0.561. The summed E-state index contributed by atoms with van der Waals surface area (Å²) < 4.78 is 0. The second-order valence-corrected chi connectivity index (χ2v) is 7.95. The minimum absolute atomic E-state index is 0.0177. The molecule has 1 N–H and O–H groups in total. The Morgan fingerprint density at radius 2 is 1.74 bits per heavy atom. The predicted octanol–water partition coefficient (Wildman–Crippen LogP) is 4.98. The van der Waals surface area contributed by atoms with Gasteiger partial charge in [0.05, 0.1) is 4.88 Å². The van der Waals surface area contributed by atoms with Gasteiger partial charge in [0.1, 0.15) is 0 Å². The van der Waals surface area contributed by atoms with Crippen molar-refractivity contribution >= 4 is 17.2 Å². The lowest BCUT2D eigenvalue weighted by atomic mass is 10.1. The largest absolute Gasteiger partial charge is 0.351 e. The van der Waals surface area contributed by atoms with Crippen LogP contribution in [0.15, 0.2) is 66.7 Å². The van der Waals surface area contributed by atoms with Crippen molar-refractivity contribution < 1.29 is 4.79 Å². The molecule has 0 atom stereocenters. The minimum Gasteiger partial charge on any atom is -0.351 e. The van der Waals surface area contributed by atoms with Crippen LogP contribution in [0.5, 0.6) is 0 Å². The molecule has 0 bridgehead atoms. The van der Waals surface area contributed by atoms with Crippen LogP contribution in [-0.4, -0.2) is 30.9 Å². The number of benzene rings is 2. The molecule has 3 rings (SSSR count). The number of rotatable bonds is 8. The number of nitrogens with one attached hydrogen (secondary N) is 1. The number of hydrogen-bond donors (Lipinski definition) is 1. The molecule has 0 saturated heterocycles. The molecule has 3 nitrogen and oxygen atoms in total. The van der Waals surface area contributed by atoms with E-state index in [1.54, 1.807) is 11.3 Å². The van der Waals surface area contributed by atoms with E-state index in [-0.39, 0.29) is 5.91 Å². The highest BCUT2D eigenvalue weighted by molar-refractivity contribution is 7.17. The number of carbonyl (C=O) groups excluding carboxylic acids is 1. The first-order valence-electron chi connectivity index (χ1n) is 9.29. The summed E-state index contributed by atoms with van der Waals surface area (Å²) in [6.45, 7) is 4.65. The van der Waals surface area contributed by atoms with Gasteiger partial charge in [-0.05, 0) is 50.2 Å². The minimum atomic E-state index is 0.0177. The van der Waals surface area contributed by atoms with E-state index >= 15 is 0 Å². The topological polar surface area (TPSA) is 32.3 Å². The van der Waals surface area contributed by atoms with Crippen molar-refractivity contribution in [2.75, 3.05) is 20.1 Å². The maximum atomic E-state index is 12.4. The Hall–Kier alpha value is -2.43. The Bertz CT molecular complexity index is 856. The molecule has 2 aromatic carbocycles. The molecule has 0 unspecified atom stereocenters. The molecule has 1 heterocycles. The molecule has 0 saturated carbocycles. The highest BCUT2D eigenvalue weighted by atomic mass is 32.1. The van der Waals surface area contributed by atoms with Crippen LogP contribution in [0.1, 0.15) is 27.2 Å². The van der Waals surface area contributed by atoms with Crippen LogP contribution in [0.3, 0.4) is 0 Å². The SMILES string of the molecule is Cc1ccc(-c2ccc(C(=O)NCCCN(C)Cc3ccccc3)s2)cc1. The molecular formula is C23H26N2OS. The van der Waals surface area contributed by atoms with Crippen molar-refractivity contribution in [2.45, 2.75) is 19.9 Å². The summed E-state index contributed by atoms with van der Waals surface area (Å²) in [5.74, 6) is 0.0177. The maximum absolute atomic E-state index is 12.4. The zero-order valence-electron chi connectivity index (χ0n) is 15.9. The Balaban J connectivity index is 1.42. The third-order valence-corrected chi connectivity index (χ3v) is 5.60. The number of amides is 1. The molecule has 0 aliphatic carbocycles. The van der Waals surface area contributed by atoms with E-state index in [0.29, 0.717) is 6.54 Å². The van der Waals surface area contributed by atoms with Gasteiger partial charge in [-0.1, -0.05) is 60.2 Å². The van der Waals surface area contributed by atoms with Crippen molar-refractivity contribution in [1.29, 1.82) is 0 Å². The first kappa shape index (κ1) is 19.3. The smallest absolute Gasteiger partial charge is 0.261 e. The molecule has 3 aromatic rings. The Morgan fingerprint density at radius 3 is 2.48 bits per heavy atom. The number of thiophene rings is 1. The van der Waals surface area contributed by atoms with Gasteiger partial charge >= 0.3 is 0 Å². The average Bonchev–Trinajstić information content (AvgIpc) is 3.17. The van der Waals surface area contributed by atoms with E-state index in [1.807, 2.05) is 18.2 Å². The lowest BCUT2D eigenvalue weighted by molar-refractivity contribution is 0.0956. The molecule has 0 aliphatic heterocycles. The van der Waals surface area contributed by atoms with E-state index in [0.717, 1.165) is 34.8 Å². The lowest BCUT2D eigenvalue weighted by Gasteiger charge is -2.16. The van der Waals surface area contributed by atoms with E-state index in [1.165, 1.54) is 11.1 Å². The molecule has 0 aliphatic rings. The van der Waals surface area contributed by atoms with Crippen LogP contribution in [0, 0.1) is 6.92 Å². The molecule has 1 amide bonds. The summed E-state index contributed by atoms with van der Waals surface area (Å²) in [7, 11) is 2.11. The molecular weight excluding hydrogens is 352 g/mol. The van der Waals surface area contributed by atoms with Gasteiger partial charge in [-0.15, -0.1) is 11.3 Å². The van der Waals surface area contributed by atoms with Crippen molar-refractivity contribution in [3.63, 3.8) is 0 Å². The predicted molar refractivity (Wildman–Crippen MR) is 114 cm³/mol. The van der Waals surface area contributed by atoms with Crippen LogP contribution in [0.2, 0.25) is 0 Å². The standard InChI is InChI=1S/C23H26N2OS/c1-18-9-11-20(12-10-18)21-13-14-22(27-21)23(26)24-15-6-16-25(2)17-19-7-4-3-5-8-19/h3-5,7-14H,6,15-17H2,1-2H3,(H,24,26). The number of nitrogens with zero attached hydrogens (tertiary/aromatic N) is 1. The maximum Gasteiger partial charge on any atom is 0.261 e. The van der Waals surface area contributed by atoms with Gasteiger partial charge in [0, 0.05) is 18.0 Å². The van der Waals surface area contributed by atoms with Crippen LogP contribution in [0.25, 0.3) is 10.4 Å². The molecule has 0 radical (unpaired) electrons. The van der Waals surface area contributed by atoms with Gasteiger partial charge in [-0.2, -0.15) is 0 Å². The number of hydrogen-bond acceptors (Lipinski definition) is 3. The highest BCUT2D eigenvalue weighted by Gasteiger charge is 2.10. The average molecular weight is 379 g/mol. The monoisotopic (exact) mass is 378 g/mol. The van der Waals surface area contributed by atoms with Crippen molar-refractivity contribution in [3.05, 3.63) is 82.7 Å². The van der Waals surface area contributed by atoms with E-state index < -0.39 is 0 Å². The molecule has 0 spiro atoms. The Labute approximate surface area is 165 Å². The lowest BCUT2D eigenvalue weighted by Crippen LogP contribution is -2.27. The van der Waals surface area contributed by atoms with E-state index in [4.69, 9.17) is 0 Å². The Kier molecular flexibility index (Phi) is 6.80. The van der Waals surface area contributed by atoms with Crippen molar-refractivity contribution in [2.24, 2.45) is 0 Å². The molecule has 140 valence electrons. The van der Waals surface area contributed by atoms with Crippen LogP contribution >= 0.6 is 11.3 Å². The van der Waals surface area contributed by atoms with E-state index in [9.17, 15) is 4.79 Å². The van der Waals surface area contributed by atoms with Gasteiger partial charge in [-0.25, -0.2) is 0 Å². The first-order chi connectivity index (χ1) is 13.1. The Morgan fingerprint density at radius 1 is 1.00 bits per heavy atom. The first-order valence-corrected chi connectivity index (χ1v) is 10.1. The molecule has 0 fully saturated rings. The van der Waals surface area contributed by atoms with Gasteiger partial charge in [0.25, 0.3) is 5.91 Å². The fourth-order valence-electron chi connectivity index (χ4n) is 2.95. The van der Waals surface area contributed by atoms with Gasteiger partial charge in [0.2, 0.25) is 0 Å². The summed E-state index contributed by atoms with van der Waals surface area (Å²) in [5, 5.41) is 3.04. The summed E-state index contributed by atoms with van der Waals surface area (Å²) in [6.07, 6.45) is 0.936. The van der Waals surface area contributed by atoms with Gasteiger partial charge in [0.15, 0.2) is 0 Å². The highest BCUT2D eigenvalue weighted by Crippen LogP contribution is 2.28. The third-order valence-electron chi connectivity index (χ3n) is 4.46. The van der Waals surface area contributed by atoms with Crippen molar-refractivity contribution in [1.82, 2.24) is 10.2 Å². The van der Waals surface area contributed by atoms with Crippen molar-refractivity contribution in [3.8, 4) is 10.4 Å². The van der Waals surface area contributed by atoms with Crippen LogP contribution < -0.4 is 5.32 Å². The van der Waals surface area contributed by atoms with Gasteiger partial charge in [-0.3, -0.25) is 4.79 Å². The van der Waals surface area contributed by atoms with Gasteiger partial charge < -0.3 is 10.2 Å². The van der Waals surface area contributed by atoms with Crippen LogP contribution in [-0.2, 0) is 6.54 Å². The number of carbonyl (C=O) groups is 1. The second kappa shape index (κ2) is 9.49. The fraction of sp³-hybridized carbons (Fsp3) is 0.261. The molecule has 4 heteroatoms. The van der Waals surface area contributed by atoms with Crippen LogP contribution in [0.4, 0.5) is 0 Å². The summed E-state index contributed by atoms with van der Waals surface area (Å²) in [6, 6.07) is 22.8. The summed E-state index contributed by atoms with van der Waals surface area (Å²) >= 11 is 1.54. The third kappa shape index (κ3) is 5.78. The molecule has 27 heavy (non-hydrogen) atoms.